The molecule has 1 aliphatic rings. The SMILES string of the molecule is CC1=CC=C(C(C)C)C(O)CC(C)=CCC=C(C)C(O)CC1. The van der Waals surface area contributed by atoms with E-state index in [1.807, 2.05) is 6.92 Å². The lowest BCUT2D eigenvalue weighted by Crippen LogP contribution is -2.15. The third-order valence-corrected chi connectivity index (χ3v) is 4.37. The Kier molecular flexibility index (Phi) is 7.84. The van der Waals surface area contributed by atoms with Gasteiger partial charge in [0.1, 0.15) is 0 Å². The highest BCUT2D eigenvalue weighted by atomic mass is 16.3. The molecule has 0 aromatic heterocycles. The quantitative estimate of drug-likeness (QED) is 0.689. The van der Waals surface area contributed by atoms with Gasteiger partial charge in [0, 0.05) is 0 Å². The zero-order valence-electron chi connectivity index (χ0n) is 14.8. The molecular weight excluding hydrogens is 272 g/mol. The van der Waals surface area contributed by atoms with E-state index >= 15 is 0 Å². The molecule has 2 heteroatoms. The molecular formula is C20H32O2. The maximum Gasteiger partial charge on any atom is 0.0792 e. The first-order valence-electron chi connectivity index (χ1n) is 8.37. The number of aliphatic hydroxyl groups excluding tert-OH is 2. The molecule has 2 atom stereocenters. The Morgan fingerprint density at radius 1 is 0.955 bits per heavy atom. The summed E-state index contributed by atoms with van der Waals surface area (Å²) in [6.45, 7) is 10.4. The van der Waals surface area contributed by atoms with Crippen molar-refractivity contribution in [1.29, 1.82) is 0 Å². The van der Waals surface area contributed by atoms with Gasteiger partial charge in [-0.15, -0.1) is 0 Å². The van der Waals surface area contributed by atoms with Crippen LogP contribution < -0.4 is 0 Å². The predicted molar refractivity (Wildman–Crippen MR) is 94.7 cm³/mol. The molecule has 2 unspecified atom stereocenters. The lowest BCUT2D eigenvalue weighted by atomic mass is 9.92. The second-order valence-electron chi connectivity index (χ2n) is 6.84. The van der Waals surface area contributed by atoms with E-state index in [4.69, 9.17) is 0 Å². The average molecular weight is 304 g/mol. The minimum absolute atomic E-state index is 0.326. The fourth-order valence-corrected chi connectivity index (χ4v) is 2.69. The molecule has 0 amide bonds. The third kappa shape index (κ3) is 6.33. The monoisotopic (exact) mass is 304 g/mol. The van der Waals surface area contributed by atoms with Gasteiger partial charge in [0.2, 0.25) is 0 Å². The topological polar surface area (TPSA) is 40.5 Å². The number of aliphatic hydroxyl groups is 2. The van der Waals surface area contributed by atoms with Crippen molar-refractivity contribution in [1.82, 2.24) is 0 Å². The van der Waals surface area contributed by atoms with E-state index in [1.165, 1.54) is 11.1 Å². The van der Waals surface area contributed by atoms with Crippen LogP contribution in [0.3, 0.4) is 0 Å². The fraction of sp³-hybridized carbons (Fsp3) is 0.600. The van der Waals surface area contributed by atoms with E-state index in [1.54, 1.807) is 0 Å². The van der Waals surface area contributed by atoms with Crippen LogP contribution in [0.15, 0.2) is 46.6 Å². The van der Waals surface area contributed by atoms with E-state index < -0.39 is 6.10 Å². The molecule has 1 aliphatic carbocycles. The van der Waals surface area contributed by atoms with Gasteiger partial charge in [0.25, 0.3) is 0 Å². The van der Waals surface area contributed by atoms with E-state index in [2.05, 4.69) is 52.0 Å². The Hall–Kier alpha value is -1.12. The molecule has 124 valence electrons. The summed E-state index contributed by atoms with van der Waals surface area (Å²) in [5, 5.41) is 20.7. The minimum Gasteiger partial charge on any atom is -0.389 e. The van der Waals surface area contributed by atoms with Crippen LogP contribution in [0, 0.1) is 5.92 Å². The van der Waals surface area contributed by atoms with Crippen LogP contribution in [0.2, 0.25) is 0 Å². The summed E-state index contributed by atoms with van der Waals surface area (Å²) in [5.74, 6) is 0.326. The van der Waals surface area contributed by atoms with Crippen molar-refractivity contribution >= 4 is 0 Å². The number of allylic oxidation sites excluding steroid dienone is 5. The largest absolute Gasteiger partial charge is 0.389 e. The van der Waals surface area contributed by atoms with E-state index in [0.717, 1.165) is 30.4 Å². The second kappa shape index (κ2) is 9.12. The Labute approximate surface area is 135 Å². The Morgan fingerprint density at radius 3 is 2.27 bits per heavy atom. The summed E-state index contributed by atoms with van der Waals surface area (Å²) in [6, 6.07) is 0. The van der Waals surface area contributed by atoms with Gasteiger partial charge in [0.05, 0.1) is 12.2 Å². The van der Waals surface area contributed by atoms with Crippen LogP contribution in [0.5, 0.6) is 0 Å². The lowest BCUT2D eigenvalue weighted by Gasteiger charge is -2.19. The van der Waals surface area contributed by atoms with Crippen LogP contribution in [0.1, 0.15) is 60.3 Å². The summed E-state index contributed by atoms with van der Waals surface area (Å²) in [4.78, 5) is 0. The van der Waals surface area contributed by atoms with Crippen LogP contribution >= 0.6 is 0 Å². The highest BCUT2D eigenvalue weighted by Gasteiger charge is 2.14. The Bertz CT molecular complexity index is 478. The summed E-state index contributed by atoms with van der Waals surface area (Å²) >= 11 is 0. The molecule has 2 nitrogen and oxygen atoms in total. The maximum absolute atomic E-state index is 10.5. The van der Waals surface area contributed by atoms with Crippen molar-refractivity contribution in [2.45, 2.75) is 72.5 Å². The molecule has 0 saturated carbocycles. The molecule has 0 radical (unpaired) electrons. The number of rotatable bonds is 1. The van der Waals surface area contributed by atoms with Crippen LogP contribution in [0.4, 0.5) is 0 Å². The van der Waals surface area contributed by atoms with Crippen molar-refractivity contribution in [3.05, 3.63) is 46.6 Å². The standard InChI is InChI=1S/C20H32O2/c1-14(2)18-11-9-15(3)10-12-19(21)17(5)8-6-7-16(4)13-20(18)22/h7-9,11,14,19-22H,6,10,12-13H2,1-5H3. The van der Waals surface area contributed by atoms with Crippen molar-refractivity contribution in [3.8, 4) is 0 Å². The first-order valence-corrected chi connectivity index (χ1v) is 8.37. The first-order chi connectivity index (χ1) is 10.3. The van der Waals surface area contributed by atoms with Gasteiger partial charge in [-0.3, -0.25) is 0 Å². The molecule has 2 N–H and O–H groups in total. The summed E-state index contributed by atoms with van der Waals surface area (Å²) in [7, 11) is 0. The van der Waals surface area contributed by atoms with Gasteiger partial charge in [-0.25, -0.2) is 0 Å². The second-order valence-corrected chi connectivity index (χ2v) is 6.84. The molecule has 22 heavy (non-hydrogen) atoms. The van der Waals surface area contributed by atoms with Crippen molar-refractivity contribution < 1.29 is 10.2 Å². The van der Waals surface area contributed by atoms with E-state index in [9.17, 15) is 10.2 Å². The van der Waals surface area contributed by atoms with Gasteiger partial charge < -0.3 is 10.2 Å². The van der Waals surface area contributed by atoms with Gasteiger partial charge in [-0.2, -0.15) is 0 Å². The molecule has 1 rings (SSSR count). The zero-order valence-corrected chi connectivity index (χ0v) is 14.8. The number of hydrogen-bond acceptors (Lipinski definition) is 2. The highest BCUT2D eigenvalue weighted by molar-refractivity contribution is 5.23. The summed E-state index contributed by atoms with van der Waals surface area (Å²) in [6.07, 6.45) is 10.7. The molecule has 0 aromatic carbocycles. The average Bonchev–Trinajstić information content (AvgIpc) is 2.43. The maximum atomic E-state index is 10.5. The van der Waals surface area contributed by atoms with Gasteiger partial charge in [0.15, 0.2) is 0 Å². The van der Waals surface area contributed by atoms with Crippen LogP contribution in [-0.2, 0) is 0 Å². The fourth-order valence-electron chi connectivity index (χ4n) is 2.69. The van der Waals surface area contributed by atoms with Crippen LogP contribution in [-0.4, -0.2) is 22.4 Å². The van der Waals surface area contributed by atoms with Crippen LogP contribution in [0.25, 0.3) is 0 Å². The predicted octanol–water partition coefficient (Wildman–Crippen LogP) is 4.70. The lowest BCUT2D eigenvalue weighted by molar-refractivity contribution is 0.199. The minimum atomic E-state index is -0.418. The van der Waals surface area contributed by atoms with Gasteiger partial charge >= 0.3 is 0 Å². The molecule has 0 aromatic rings. The van der Waals surface area contributed by atoms with E-state index in [-0.39, 0.29) is 6.10 Å². The summed E-state index contributed by atoms with van der Waals surface area (Å²) < 4.78 is 0. The molecule has 0 heterocycles. The third-order valence-electron chi connectivity index (χ3n) is 4.37. The van der Waals surface area contributed by atoms with E-state index in [0.29, 0.717) is 12.3 Å². The molecule has 0 saturated heterocycles. The molecule has 0 aliphatic heterocycles. The Balaban J connectivity index is 3.06. The first kappa shape index (κ1) is 18.9. The number of hydrogen-bond donors (Lipinski definition) is 2. The summed E-state index contributed by atoms with van der Waals surface area (Å²) in [5.41, 5.74) is 4.54. The van der Waals surface area contributed by atoms with Crippen molar-refractivity contribution in [3.63, 3.8) is 0 Å². The zero-order chi connectivity index (χ0) is 16.7. The highest BCUT2D eigenvalue weighted by Crippen LogP contribution is 2.22. The molecule has 0 fully saturated rings. The normalized spacial score (nSPS) is 25.8. The molecule has 0 spiro atoms. The Morgan fingerprint density at radius 2 is 1.64 bits per heavy atom. The molecule has 0 bridgehead atoms. The van der Waals surface area contributed by atoms with Crippen molar-refractivity contribution in [2.24, 2.45) is 5.92 Å². The smallest absolute Gasteiger partial charge is 0.0792 e. The van der Waals surface area contributed by atoms with Gasteiger partial charge in [-0.1, -0.05) is 49.3 Å². The van der Waals surface area contributed by atoms with Crippen molar-refractivity contribution in [2.75, 3.05) is 0 Å². The van der Waals surface area contributed by atoms with Gasteiger partial charge in [-0.05, 0) is 63.5 Å².